The number of hydrogen-bond donors (Lipinski definition) is 0. The fourth-order valence-corrected chi connectivity index (χ4v) is 7.22. The van der Waals surface area contributed by atoms with E-state index in [4.69, 9.17) is 18.8 Å². The van der Waals surface area contributed by atoms with Gasteiger partial charge in [-0.05, 0) is 113 Å². The maximum absolute atomic E-state index is 6.19. The van der Waals surface area contributed by atoms with Gasteiger partial charge in [0.2, 0.25) is 11.8 Å². The molecule has 10 rings (SSSR count). The zero-order valence-electron chi connectivity index (χ0n) is 30.8. The molecule has 0 saturated carbocycles. The minimum absolute atomic E-state index is 0.620. The smallest absolute Gasteiger partial charge is 0.227 e. The lowest BCUT2D eigenvalue weighted by molar-refractivity contribution is 0.617. The van der Waals surface area contributed by atoms with E-state index in [0.29, 0.717) is 11.8 Å². The van der Waals surface area contributed by atoms with E-state index in [2.05, 4.69) is 145 Å². The van der Waals surface area contributed by atoms with Crippen LogP contribution in [-0.4, -0.2) is 19.9 Å². The van der Waals surface area contributed by atoms with Crippen LogP contribution in [0.4, 0.5) is 0 Å². The van der Waals surface area contributed by atoms with Gasteiger partial charge in [-0.2, -0.15) is 0 Å². The molecular formula is C50H34N4O2. The van der Waals surface area contributed by atoms with Gasteiger partial charge in [0.05, 0.1) is 17.1 Å². The molecule has 0 radical (unpaired) electrons. The summed E-state index contributed by atoms with van der Waals surface area (Å²) in [4.78, 5) is 19.3. The summed E-state index contributed by atoms with van der Waals surface area (Å²) in [5, 5.41) is 0. The lowest BCUT2D eigenvalue weighted by Crippen LogP contribution is -1.94. The fourth-order valence-electron chi connectivity index (χ4n) is 7.22. The predicted octanol–water partition coefficient (Wildman–Crippen LogP) is 13.0. The van der Waals surface area contributed by atoms with Crippen molar-refractivity contribution in [2.45, 2.75) is 13.8 Å². The van der Waals surface area contributed by atoms with Crippen molar-refractivity contribution in [2.24, 2.45) is 0 Å². The van der Waals surface area contributed by atoms with E-state index < -0.39 is 0 Å². The highest BCUT2D eigenvalue weighted by atomic mass is 16.4. The molecule has 6 nitrogen and oxygen atoms in total. The molecule has 0 spiro atoms. The predicted molar refractivity (Wildman–Crippen MR) is 225 cm³/mol. The van der Waals surface area contributed by atoms with Crippen LogP contribution in [0.5, 0.6) is 0 Å². The van der Waals surface area contributed by atoms with Crippen molar-refractivity contribution >= 4 is 22.2 Å². The topological polar surface area (TPSA) is 77.8 Å². The van der Waals surface area contributed by atoms with Crippen molar-refractivity contribution in [1.29, 1.82) is 0 Å². The van der Waals surface area contributed by atoms with Gasteiger partial charge < -0.3 is 8.83 Å². The minimum Gasteiger partial charge on any atom is -0.436 e. The van der Waals surface area contributed by atoms with Crippen molar-refractivity contribution in [3.63, 3.8) is 0 Å². The third kappa shape index (κ3) is 6.13. The first kappa shape index (κ1) is 33.2. The Bertz CT molecular complexity index is 2930. The standard InChI is InChI=1S/C50H34N4O2/c1-31-10-11-32(2)48-46(31)54-50(56-48)40-26-18-36(19-27-40)34-14-22-38(23-15-34)47-41(28-29-43(52-47)42-7-5-6-30-51-42)37-20-12-33(13-21-37)35-16-24-39(25-17-35)49-53-44-8-3-4-9-45(44)55-49/h3-30H,1-2H3. The average Bonchev–Trinajstić information content (AvgIpc) is 3.92. The highest BCUT2D eigenvalue weighted by Crippen LogP contribution is 2.36. The van der Waals surface area contributed by atoms with Crippen LogP contribution in [0.1, 0.15) is 11.1 Å². The third-order valence-corrected chi connectivity index (χ3v) is 10.3. The van der Waals surface area contributed by atoms with Crippen LogP contribution in [0.15, 0.2) is 179 Å². The number of nitrogens with zero attached hydrogens (tertiary/aromatic N) is 4. The Balaban J connectivity index is 0.942. The molecule has 0 aliphatic heterocycles. The molecule has 4 aromatic heterocycles. The summed E-state index contributed by atoms with van der Waals surface area (Å²) in [7, 11) is 0. The Morgan fingerprint density at radius 3 is 1.55 bits per heavy atom. The number of oxazole rings is 2. The molecular weight excluding hydrogens is 689 g/mol. The van der Waals surface area contributed by atoms with Gasteiger partial charge in [-0.15, -0.1) is 0 Å². The van der Waals surface area contributed by atoms with E-state index in [1.807, 2.05) is 42.5 Å². The van der Waals surface area contributed by atoms with Crippen molar-refractivity contribution in [3.05, 3.63) is 181 Å². The van der Waals surface area contributed by atoms with E-state index in [9.17, 15) is 0 Å². The maximum Gasteiger partial charge on any atom is 0.227 e. The Hall–Kier alpha value is -7.44. The number of para-hydroxylation sites is 2. The summed E-state index contributed by atoms with van der Waals surface area (Å²) in [6.45, 7) is 4.12. The molecule has 6 heteroatoms. The number of rotatable bonds is 7. The minimum atomic E-state index is 0.620. The van der Waals surface area contributed by atoms with Crippen LogP contribution in [0.3, 0.4) is 0 Å². The molecule has 0 atom stereocenters. The van der Waals surface area contributed by atoms with Crippen molar-refractivity contribution in [2.75, 3.05) is 0 Å². The lowest BCUT2D eigenvalue weighted by Gasteiger charge is -2.13. The van der Waals surface area contributed by atoms with Crippen LogP contribution in [0.2, 0.25) is 0 Å². The molecule has 266 valence electrons. The van der Waals surface area contributed by atoms with Gasteiger partial charge in [0.15, 0.2) is 11.2 Å². The Morgan fingerprint density at radius 1 is 0.393 bits per heavy atom. The third-order valence-electron chi connectivity index (χ3n) is 10.3. The fraction of sp³-hybridized carbons (Fsp3) is 0.0400. The lowest BCUT2D eigenvalue weighted by atomic mass is 9.95. The number of benzene rings is 6. The number of pyridine rings is 2. The van der Waals surface area contributed by atoms with Gasteiger partial charge >= 0.3 is 0 Å². The first-order chi connectivity index (χ1) is 27.5. The Morgan fingerprint density at radius 2 is 0.946 bits per heavy atom. The second kappa shape index (κ2) is 13.8. The monoisotopic (exact) mass is 722 g/mol. The number of fused-ring (bicyclic) bond motifs is 2. The summed E-state index contributed by atoms with van der Waals surface area (Å²) in [5.74, 6) is 1.25. The zero-order chi connectivity index (χ0) is 37.6. The summed E-state index contributed by atoms with van der Waals surface area (Å²) >= 11 is 0. The van der Waals surface area contributed by atoms with Crippen molar-refractivity contribution < 1.29 is 8.83 Å². The number of aryl methyl sites for hydroxylation is 2. The largest absolute Gasteiger partial charge is 0.436 e. The number of aromatic nitrogens is 4. The van der Waals surface area contributed by atoms with Crippen molar-refractivity contribution in [1.82, 2.24) is 19.9 Å². The highest BCUT2D eigenvalue weighted by Gasteiger charge is 2.15. The van der Waals surface area contributed by atoms with E-state index >= 15 is 0 Å². The summed E-state index contributed by atoms with van der Waals surface area (Å²) in [6, 6.07) is 56.1. The second-order valence-electron chi connectivity index (χ2n) is 14.0. The van der Waals surface area contributed by atoms with Crippen LogP contribution in [-0.2, 0) is 0 Å². The van der Waals surface area contributed by atoms with Crippen LogP contribution in [0.25, 0.3) is 101 Å². The van der Waals surface area contributed by atoms with E-state index in [-0.39, 0.29) is 0 Å². The maximum atomic E-state index is 6.19. The zero-order valence-corrected chi connectivity index (χ0v) is 30.8. The Kier molecular flexibility index (Phi) is 8.15. The first-order valence-corrected chi connectivity index (χ1v) is 18.6. The molecule has 10 aromatic rings. The van der Waals surface area contributed by atoms with Crippen LogP contribution in [0, 0.1) is 13.8 Å². The van der Waals surface area contributed by atoms with E-state index in [0.717, 1.165) is 100 Å². The van der Waals surface area contributed by atoms with Gasteiger partial charge in [-0.1, -0.05) is 103 Å². The SMILES string of the molecule is Cc1ccc(C)c2oc(-c3ccc(-c4ccc(-c5nc(-c6ccccn6)ccc5-c5ccc(-c6ccc(-c7nc8ccccc8o7)cc6)cc5)cc4)cc3)nc12. The van der Waals surface area contributed by atoms with Crippen LogP contribution >= 0.6 is 0 Å². The highest BCUT2D eigenvalue weighted by molar-refractivity contribution is 5.86. The van der Waals surface area contributed by atoms with E-state index in [1.54, 1.807) is 6.20 Å². The molecule has 0 N–H and O–H groups in total. The quantitative estimate of drug-likeness (QED) is 0.163. The molecule has 0 aliphatic carbocycles. The Labute approximate surface area is 323 Å². The second-order valence-corrected chi connectivity index (χ2v) is 14.0. The molecule has 0 bridgehead atoms. The normalized spacial score (nSPS) is 11.4. The van der Waals surface area contributed by atoms with Crippen LogP contribution < -0.4 is 0 Å². The molecule has 0 unspecified atom stereocenters. The molecule has 0 fully saturated rings. The van der Waals surface area contributed by atoms with Gasteiger partial charge in [-0.3, -0.25) is 4.98 Å². The molecule has 4 heterocycles. The van der Waals surface area contributed by atoms with Gasteiger partial charge in [0.25, 0.3) is 0 Å². The van der Waals surface area contributed by atoms with Gasteiger partial charge in [-0.25, -0.2) is 15.0 Å². The van der Waals surface area contributed by atoms with Gasteiger partial charge in [0, 0.05) is 28.5 Å². The van der Waals surface area contributed by atoms with E-state index in [1.165, 1.54) is 0 Å². The average molecular weight is 723 g/mol. The van der Waals surface area contributed by atoms with Gasteiger partial charge in [0.1, 0.15) is 11.0 Å². The number of hydrogen-bond acceptors (Lipinski definition) is 6. The molecule has 6 aromatic carbocycles. The summed E-state index contributed by atoms with van der Waals surface area (Å²) in [6.07, 6.45) is 1.80. The molecule has 0 saturated heterocycles. The molecule has 56 heavy (non-hydrogen) atoms. The summed E-state index contributed by atoms with van der Waals surface area (Å²) < 4.78 is 12.2. The first-order valence-electron chi connectivity index (χ1n) is 18.6. The summed E-state index contributed by atoms with van der Waals surface area (Å²) in [5.41, 5.74) is 17.6. The molecule has 0 aliphatic rings. The molecule has 0 amide bonds. The van der Waals surface area contributed by atoms with Crippen molar-refractivity contribution in [3.8, 4) is 78.9 Å².